The first kappa shape index (κ1) is 31.0. The Morgan fingerprint density at radius 2 is 1.83 bits per heavy atom. The van der Waals surface area contributed by atoms with E-state index in [1.54, 1.807) is 12.3 Å². The van der Waals surface area contributed by atoms with E-state index in [0.717, 1.165) is 19.3 Å². The maximum Gasteiger partial charge on any atom is 0.423 e. The lowest BCUT2D eigenvalue weighted by molar-refractivity contribution is -0.138. The standard InChI is InChI=1S/C25H25ClF4N6O3P2/c1-35-23(38)20(25(28,29)30)19(11-33-35)34-15(12-39-24(40)41)3-2-5-36-6-4-13-7-17(18(27)8-16(13)22(36)37)21-31-9-14(26)10-32-21/h4,6-11,15,24,34H,2-3,5,12,40-41H2,1H3/t15-/m1/s1. The molecule has 0 aliphatic carbocycles. The molecular weight excluding hydrogens is 606 g/mol. The van der Waals surface area contributed by atoms with Crippen LogP contribution in [0.3, 0.4) is 0 Å². The number of pyridine rings is 1. The molecule has 2 unspecified atom stereocenters. The number of rotatable bonds is 10. The summed E-state index contributed by atoms with van der Waals surface area (Å²) in [5.41, 5.74) is -3.77. The van der Waals surface area contributed by atoms with Crippen LogP contribution in [-0.4, -0.2) is 42.6 Å². The maximum absolute atomic E-state index is 14.9. The number of fused-ring (bicyclic) bond motifs is 1. The van der Waals surface area contributed by atoms with Crippen molar-refractivity contribution in [2.75, 3.05) is 11.9 Å². The van der Waals surface area contributed by atoms with Crippen LogP contribution in [0.15, 0.2) is 52.6 Å². The number of aryl methyl sites for hydroxylation is 2. The van der Waals surface area contributed by atoms with E-state index in [-0.39, 0.29) is 41.9 Å². The maximum atomic E-state index is 14.9. The van der Waals surface area contributed by atoms with Crippen LogP contribution < -0.4 is 16.4 Å². The van der Waals surface area contributed by atoms with Gasteiger partial charge in [0.2, 0.25) is 0 Å². The van der Waals surface area contributed by atoms with Crippen LogP contribution in [0.5, 0.6) is 0 Å². The van der Waals surface area contributed by atoms with Gasteiger partial charge in [-0.05, 0) is 36.4 Å². The summed E-state index contributed by atoms with van der Waals surface area (Å²) in [7, 11) is 5.92. The van der Waals surface area contributed by atoms with Gasteiger partial charge in [-0.15, -0.1) is 18.5 Å². The molecule has 1 aromatic carbocycles. The van der Waals surface area contributed by atoms with Crippen LogP contribution >= 0.6 is 30.1 Å². The molecule has 0 saturated carbocycles. The van der Waals surface area contributed by atoms with E-state index in [4.69, 9.17) is 16.3 Å². The monoisotopic (exact) mass is 630 g/mol. The smallest absolute Gasteiger partial charge is 0.378 e. The zero-order valence-corrected chi connectivity index (χ0v) is 24.6. The first-order valence-corrected chi connectivity index (χ1v) is 13.9. The van der Waals surface area contributed by atoms with Gasteiger partial charge in [0, 0.05) is 38.2 Å². The van der Waals surface area contributed by atoms with Crippen LogP contribution in [0.4, 0.5) is 23.2 Å². The van der Waals surface area contributed by atoms with E-state index in [1.165, 1.54) is 23.0 Å². The third kappa shape index (κ3) is 7.46. The molecule has 0 saturated heterocycles. The van der Waals surface area contributed by atoms with Gasteiger partial charge in [0.1, 0.15) is 11.4 Å². The predicted octanol–water partition coefficient (Wildman–Crippen LogP) is 4.67. The molecule has 3 aromatic heterocycles. The number of halogens is 5. The van der Waals surface area contributed by atoms with Crippen molar-refractivity contribution in [3.05, 3.63) is 80.1 Å². The molecule has 218 valence electrons. The average molecular weight is 631 g/mol. The third-order valence-electron chi connectivity index (χ3n) is 6.15. The van der Waals surface area contributed by atoms with Crippen molar-refractivity contribution in [1.29, 1.82) is 0 Å². The first-order chi connectivity index (χ1) is 19.3. The van der Waals surface area contributed by atoms with E-state index >= 15 is 0 Å². The highest BCUT2D eigenvalue weighted by molar-refractivity contribution is 7.37. The molecule has 0 amide bonds. The van der Waals surface area contributed by atoms with Crippen molar-refractivity contribution in [3.63, 3.8) is 0 Å². The average Bonchev–Trinajstić information content (AvgIpc) is 2.90. The largest absolute Gasteiger partial charge is 0.423 e. The molecule has 4 rings (SSSR count). The number of benzene rings is 1. The summed E-state index contributed by atoms with van der Waals surface area (Å²) in [4.78, 5) is 33.4. The van der Waals surface area contributed by atoms with Crippen molar-refractivity contribution in [2.24, 2.45) is 7.05 Å². The van der Waals surface area contributed by atoms with Gasteiger partial charge in [-0.1, -0.05) is 11.6 Å². The van der Waals surface area contributed by atoms with Gasteiger partial charge in [0.15, 0.2) is 5.82 Å². The van der Waals surface area contributed by atoms with Crippen molar-refractivity contribution >= 4 is 46.5 Å². The molecule has 0 spiro atoms. The highest BCUT2D eigenvalue weighted by Crippen LogP contribution is 2.32. The molecule has 1 N–H and O–H groups in total. The molecule has 0 aliphatic heterocycles. The lowest BCUT2D eigenvalue weighted by Gasteiger charge is -2.23. The van der Waals surface area contributed by atoms with Crippen LogP contribution in [0.2, 0.25) is 5.02 Å². The molecule has 0 aliphatic rings. The number of hydrogen-bond donors (Lipinski definition) is 1. The zero-order chi connectivity index (χ0) is 29.9. The number of alkyl halides is 3. The molecular formula is C25H25ClF4N6O3P2. The second kappa shape index (κ2) is 12.9. The summed E-state index contributed by atoms with van der Waals surface area (Å²) >= 11 is 5.80. The van der Waals surface area contributed by atoms with Gasteiger partial charge in [0.05, 0.1) is 40.0 Å². The molecule has 16 heteroatoms. The van der Waals surface area contributed by atoms with Gasteiger partial charge in [-0.25, -0.2) is 19.0 Å². The second-order valence-electron chi connectivity index (χ2n) is 9.10. The minimum absolute atomic E-state index is 0.0115. The fraction of sp³-hybridized carbons (Fsp3) is 0.320. The number of aromatic nitrogens is 5. The number of anilines is 1. The van der Waals surface area contributed by atoms with Gasteiger partial charge in [-0.2, -0.15) is 18.3 Å². The lowest BCUT2D eigenvalue weighted by Crippen LogP contribution is -2.34. The van der Waals surface area contributed by atoms with E-state index in [0.29, 0.717) is 21.5 Å². The molecule has 3 atom stereocenters. The topological polar surface area (TPSA) is 104 Å². The molecule has 41 heavy (non-hydrogen) atoms. The summed E-state index contributed by atoms with van der Waals surface area (Å²) in [5, 5.41) is 7.39. The highest BCUT2D eigenvalue weighted by Gasteiger charge is 2.38. The Morgan fingerprint density at radius 3 is 2.49 bits per heavy atom. The molecule has 9 nitrogen and oxygen atoms in total. The Kier molecular flexibility index (Phi) is 9.74. The molecule has 0 radical (unpaired) electrons. The second-order valence-corrected chi connectivity index (χ2v) is 11.6. The predicted molar refractivity (Wildman–Crippen MR) is 154 cm³/mol. The van der Waals surface area contributed by atoms with E-state index in [2.05, 4.69) is 38.9 Å². The van der Waals surface area contributed by atoms with Crippen molar-refractivity contribution < 1.29 is 22.3 Å². The highest BCUT2D eigenvalue weighted by atomic mass is 35.5. The Bertz CT molecular complexity index is 1670. The van der Waals surface area contributed by atoms with E-state index in [1.807, 2.05) is 0 Å². The minimum Gasteiger partial charge on any atom is -0.378 e. The molecule has 0 bridgehead atoms. The number of hydrogen-bond acceptors (Lipinski definition) is 7. The van der Waals surface area contributed by atoms with Crippen LogP contribution in [-0.2, 0) is 24.5 Å². The lowest BCUT2D eigenvalue weighted by atomic mass is 10.1. The molecule has 4 aromatic rings. The number of nitrogens with one attached hydrogen (secondary N) is 1. The molecule has 0 fully saturated rings. The summed E-state index contributed by atoms with van der Waals surface area (Å²) in [6.45, 7) is 0.209. The summed E-state index contributed by atoms with van der Waals surface area (Å²) in [6.07, 6.45) is 0.918. The Hall–Kier alpha value is -2.98. The minimum atomic E-state index is -4.90. The number of nitrogens with zero attached hydrogens (tertiary/aromatic N) is 5. The van der Waals surface area contributed by atoms with Crippen molar-refractivity contribution in [3.8, 4) is 11.4 Å². The van der Waals surface area contributed by atoms with Gasteiger partial charge in [-0.3, -0.25) is 9.59 Å². The Morgan fingerprint density at radius 1 is 1.12 bits per heavy atom. The van der Waals surface area contributed by atoms with Crippen LogP contribution in [0.1, 0.15) is 18.4 Å². The SMILES string of the molecule is Cn1ncc(N[C@H](CCCn2ccc3cc(-c4ncc(Cl)cn4)c(F)cc3c2=O)COC(P)P)c(C(F)(F)F)c1=O. The third-order valence-corrected chi connectivity index (χ3v) is 6.73. The molecule has 3 heterocycles. The summed E-state index contributed by atoms with van der Waals surface area (Å²) in [6, 6.07) is 3.61. The van der Waals surface area contributed by atoms with Gasteiger partial charge in [0.25, 0.3) is 11.1 Å². The van der Waals surface area contributed by atoms with Crippen molar-refractivity contribution in [2.45, 2.75) is 37.2 Å². The quantitative estimate of drug-likeness (QED) is 0.201. The number of ether oxygens (including phenoxy) is 1. The Labute approximate surface area is 240 Å². The summed E-state index contributed by atoms with van der Waals surface area (Å²) in [5.74, 6) is -0.555. The fourth-order valence-electron chi connectivity index (χ4n) is 4.18. The fourth-order valence-corrected chi connectivity index (χ4v) is 4.50. The Balaban J connectivity index is 1.53. The summed E-state index contributed by atoms with van der Waals surface area (Å²) < 4.78 is 63.5. The van der Waals surface area contributed by atoms with Gasteiger partial charge < -0.3 is 14.6 Å². The van der Waals surface area contributed by atoms with Crippen molar-refractivity contribution in [1.82, 2.24) is 24.3 Å². The zero-order valence-electron chi connectivity index (χ0n) is 21.5. The van der Waals surface area contributed by atoms with Crippen LogP contribution in [0, 0.1) is 5.82 Å². The van der Waals surface area contributed by atoms with E-state index < -0.39 is 40.4 Å². The van der Waals surface area contributed by atoms with E-state index in [9.17, 15) is 27.2 Å². The van der Waals surface area contributed by atoms with Crippen LogP contribution in [0.25, 0.3) is 22.2 Å². The first-order valence-electron chi connectivity index (χ1n) is 12.2. The van der Waals surface area contributed by atoms with Gasteiger partial charge >= 0.3 is 6.18 Å². The normalized spacial score (nSPS) is 12.7.